The van der Waals surface area contributed by atoms with Gasteiger partial charge in [-0.1, -0.05) is 19.8 Å². The van der Waals surface area contributed by atoms with Crippen LogP contribution >= 0.6 is 0 Å². The first kappa shape index (κ1) is 16.2. The average Bonchev–Trinajstić information content (AvgIpc) is 2.78. The maximum absolute atomic E-state index is 13.1. The highest BCUT2D eigenvalue weighted by molar-refractivity contribution is 5.90. The molecule has 4 heteroatoms. The molecule has 0 amide bonds. The van der Waals surface area contributed by atoms with Crippen molar-refractivity contribution in [2.45, 2.75) is 65.0 Å². The molecule has 0 spiro atoms. The Balaban J connectivity index is 2.23. The Morgan fingerprint density at radius 1 is 1.52 bits per heavy atom. The van der Waals surface area contributed by atoms with Gasteiger partial charge in [-0.3, -0.25) is 14.4 Å². The summed E-state index contributed by atoms with van der Waals surface area (Å²) in [7, 11) is 4.11. The van der Waals surface area contributed by atoms with Crippen LogP contribution in [-0.2, 0) is 17.8 Å². The van der Waals surface area contributed by atoms with Gasteiger partial charge in [-0.25, -0.2) is 0 Å². The fraction of sp³-hybridized carbons (Fsp3) is 0.765. The van der Waals surface area contributed by atoms with Gasteiger partial charge in [0, 0.05) is 12.2 Å². The van der Waals surface area contributed by atoms with Crippen molar-refractivity contribution in [2.75, 3.05) is 14.1 Å². The van der Waals surface area contributed by atoms with E-state index < -0.39 is 0 Å². The molecule has 1 aromatic rings. The summed E-state index contributed by atoms with van der Waals surface area (Å²) in [5.74, 6) is 0.983. The Morgan fingerprint density at radius 2 is 2.24 bits per heavy atom. The molecule has 2 unspecified atom stereocenters. The molecule has 2 rings (SSSR count). The summed E-state index contributed by atoms with van der Waals surface area (Å²) in [6.07, 6.45) is 4.87. The lowest BCUT2D eigenvalue weighted by molar-refractivity contribution is -0.132. The highest BCUT2D eigenvalue weighted by atomic mass is 16.1. The quantitative estimate of drug-likeness (QED) is 0.837. The number of hydrogen-bond acceptors (Lipinski definition) is 3. The van der Waals surface area contributed by atoms with Crippen LogP contribution in [0.25, 0.3) is 0 Å². The minimum Gasteiger partial charge on any atom is -0.297 e. The lowest BCUT2D eigenvalue weighted by atomic mass is 9.72. The smallest absolute Gasteiger partial charge is 0.158 e. The van der Waals surface area contributed by atoms with E-state index in [9.17, 15) is 4.79 Å². The molecule has 4 nitrogen and oxygen atoms in total. The molecule has 0 radical (unpaired) electrons. The zero-order valence-corrected chi connectivity index (χ0v) is 14.1. The summed E-state index contributed by atoms with van der Waals surface area (Å²) in [4.78, 5) is 15.2. The van der Waals surface area contributed by atoms with Gasteiger partial charge in [-0.05, 0) is 52.8 Å². The zero-order valence-electron chi connectivity index (χ0n) is 14.1. The van der Waals surface area contributed by atoms with Gasteiger partial charge in [0.2, 0.25) is 0 Å². The third kappa shape index (κ3) is 3.20. The van der Waals surface area contributed by atoms with E-state index in [-0.39, 0.29) is 5.54 Å². The first-order valence-electron chi connectivity index (χ1n) is 8.13. The maximum Gasteiger partial charge on any atom is 0.158 e. The van der Waals surface area contributed by atoms with Gasteiger partial charge in [0.05, 0.1) is 17.7 Å². The number of ketones is 1. The van der Waals surface area contributed by atoms with Gasteiger partial charge in [-0.2, -0.15) is 5.10 Å². The second kappa shape index (κ2) is 6.30. The second-order valence-electron chi connectivity index (χ2n) is 6.82. The van der Waals surface area contributed by atoms with E-state index in [1.54, 1.807) is 0 Å². The van der Waals surface area contributed by atoms with Gasteiger partial charge in [0.1, 0.15) is 0 Å². The second-order valence-corrected chi connectivity index (χ2v) is 6.82. The number of hydrogen-bond donors (Lipinski definition) is 0. The van der Waals surface area contributed by atoms with E-state index in [1.807, 2.05) is 11.6 Å². The highest BCUT2D eigenvalue weighted by Crippen LogP contribution is 2.37. The molecule has 1 heterocycles. The Morgan fingerprint density at radius 3 is 2.81 bits per heavy atom. The van der Waals surface area contributed by atoms with E-state index in [1.165, 1.54) is 6.42 Å². The fourth-order valence-electron chi connectivity index (χ4n) is 3.78. The topological polar surface area (TPSA) is 38.1 Å². The zero-order chi connectivity index (χ0) is 15.6. The molecular formula is C17H29N3O. The monoisotopic (exact) mass is 291 g/mol. The molecule has 118 valence electrons. The molecule has 2 atom stereocenters. The Labute approximate surface area is 128 Å². The lowest BCUT2D eigenvalue weighted by Gasteiger charge is -2.44. The van der Waals surface area contributed by atoms with Crippen LogP contribution in [-0.4, -0.2) is 40.1 Å². The first-order chi connectivity index (χ1) is 9.89. The number of carbonyl (C=O) groups is 1. The number of aromatic nitrogens is 2. The van der Waals surface area contributed by atoms with Crippen LogP contribution in [0.5, 0.6) is 0 Å². The van der Waals surface area contributed by atoms with Crippen LogP contribution in [0.2, 0.25) is 0 Å². The Bertz CT molecular complexity index is 506. The van der Waals surface area contributed by atoms with Crippen LogP contribution in [0.4, 0.5) is 0 Å². The molecule has 1 aliphatic rings. The highest BCUT2D eigenvalue weighted by Gasteiger charge is 2.43. The third-order valence-electron chi connectivity index (χ3n) is 4.98. The van der Waals surface area contributed by atoms with Crippen molar-refractivity contribution in [2.24, 2.45) is 5.92 Å². The first-order valence-corrected chi connectivity index (χ1v) is 8.13. The summed E-state index contributed by atoms with van der Waals surface area (Å²) < 4.78 is 1.96. The fourth-order valence-corrected chi connectivity index (χ4v) is 3.78. The summed E-state index contributed by atoms with van der Waals surface area (Å²) in [5, 5.41) is 4.46. The molecule has 0 aliphatic heterocycles. The van der Waals surface area contributed by atoms with Crippen LogP contribution in [0, 0.1) is 12.8 Å². The van der Waals surface area contributed by atoms with E-state index in [0.29, 0.717) is 18.1 Å². The number of rotatable bonds is 5. The molecule has 1 aromatic heterocycles. The van der Waals surface area contributed by atoms with Crippen molar-refractivity contribution in [3.05, 3.63) is 17.5 Å². The lowest BCUT2D eigenvalue weighted by Crippen LogP contribution is -2.54. The van der Waals surface area contributed by atoms with Crippen LogP contribution in [0.15, 0.2) is 6.07 Å². The molecule has 1 fully saturated rings. The van der Waals surface area contributed by atoms with Crippen molar-refractivity contribution in [1.29, 1.82) is 0 Å². The SMILES string of the molecule is CCn1nc(C)cc1CC(=O)C1(N(C)C)CCCC(C)C1. The van der Waals surface area contributed by atoms with Crippen molar-refractivity contribution < 1.29 is 4.79 Å². The van der Waals surface area contributed by atoms with Crippen LogP contribution < -0.4 is 0 Å². The summed E-state index contributed by atoms with van der Waals surface area (Å²) in [5.41, 5.74) is 1.77. The van der Waals surface area contributed by atoms with Crippen molar-refractivity contribution in [3.63, 3.8) is 0 Å². The standard InChI is InChI=1S/C17H29N3O/c1-6-20-15(10-14(3)18-20)11-16(21)17(19(4)5)9-7-8-13(2)12-17/h10,13H,6-9,11-12H2,1-5H3. The van der Waals surface area contributed by atoms with Crippen molar-refractivity contribution in [3.8, 4) is 0 Å². The molecule has 0 N–H and O–H groups in total. The molecule has 1 aliphatic carbocycles. The van der Waals surface area contributed by atoms with Crippen LogP contribution in [0.1, 0.15) is 50.9 Å². The number of nitrogens with zero attached hydrogens (tertiary/aromatic N) is 3. The van der Waals surface area contributed by atoms with Crippen LogP contribution in [0.3, 0.4) is 0 Å². The summed E-state index contributed by atoms with van der Waals surface area (Å²) >= 11 is 0. The Hall–Kier alpha value is -1.16. The summed E-state index contributed by atoms with van der Waals surface area (Å²) in [6, 6.07) is 2.05. The van der Waals surface area contributed by atoms with Crippen molar-refractivity contribution >= 4 is 5.78 Å². The average molecular weight is 291 g/mol. The van der Waals surface area contributed by atoms with Gasteiger partial charge in [0.15, 0.2) is 5.78 Å². The predicted octanol–water partition coefficient (Wildman–Crippen LogP) is 2.83. The minimum atomic E-state index is -0.283. The molecule has 0 bridgehead atoms. The number of Topliss-reactive ketones (excluding diaryl/α,β-unsaturated/α-hetero) is 1. The van der Waals surface area contributed by atoms with Gasteiger partial charge in [0.25, 0.3) is 0 Å². The molecule has 0 aromatic carbocycles. The van der Waals surface area contributed by atoms with Crippen molar-refractivity contribution in [1.82, 2.24) is 14.7 Å². The number of carbonyl (C=O) groups excluding carboxylic acids is 1. The van der Waals surface area contributed by atoms with E-state index in [0.717, 1.165) is 37.2 Å². The molecule has 21 heavy (non-hydrogen) atoms. The predicted molar refractivity (Wildman–Crippen MR) is 85.4 cm³/mol. The third-order valence-corrected chi connectivity index (χ3v) is 4.98. The largest absolute Gasteiger partial charge is 0.297 e. The van der Waals surface area contributed by atoms with Gasteiger partial charge >= 0.3 is 0 Å². The van der Waals surface area contributed by atoms with E-state index in [2.05, 4.69) is 44.0 Å². The van der Waals surface area contributed by atoms with Gasteiger partial charge in [-0.15, -0.1) is 0 Å². The molecule has 0 saturated heterocycles. The van der Waals surface area contributed by atoms with Gasteiger partial charge < -0.3 is 0 Å². The maximum atomic E-state index is 13.1. The Kier molecular flexibility index (Phi) is 4.87. The molecular weight excluding hydrogens is 262 g/mol. The van der Waals surface area contributed by atoms with E-state index in [4.69, 9.17) is 0 Å². The minimum absolute atomic E-state index is 0.283. The molecule has 1 saturated carbocycles. The number of likely N-dealkylation sites (N-methyl/N-ethyl adjacent to an activating group) is 1. The number of aryl methyl sites for hydroxylation is 2. The normalized spacial score (nSPS) is 26.3. The van der Waals surface area contributed by atoms with E-state index >= 15 is 0 Å². The summed E-state index contributed by atoms with van der Waals surface area (Å²) in [6.45, 7) is 7.16.